The van der Waals surface area contributed by atoms with E-state index in [-0.39, 0.29) is 5.91 Å². The minimum atomic E-state index is 0.105. The second kappa shape index (κ2) is 7.98. The van der Waals surface area contributed by atoms with Crippen molar-refractivity contribution < 1.29 is 4.79 Å². The van der Waals surface area contributed by atoms with Gasteiger partial charge in [-0.2, -0.15) is 5.10 Å². The van der Waals surface area contributed by atoms with E-state index in [2.05, 4.69) is 17.1 Å². The summed E-state index contributed by atoms with van der Waals surface area (Å²) in [5, 5.41) is 8.57. The van der Waals surface area contributed by atoms with Crippen LogP contribution in [0.15, 0.2) is 48.5 Å². The van der Waals surface area contributed by atoms with Gasteiger partial charge in [0.05, 0.1) is 16.4 Å². The Hall–Kier alpha value is -2.30. The zero-order valence-electron chi connectivity index (χ0n) is 15.6. The number of rotatable bonds is 3. The van der Waals surface area contributed by atoms with E-state index in [1.807, 2.05) is 41.3 Å². The van der Waals surface area contributed by atoms with Crippen molar-refractivity contribution in [1.82, 2.24) is 15.1 Å². The molecule has 6 heteroatoms. The number of nitrogens with one attached hydrogen (secondary N) is 1. The molecule has 2 heterocycles. The van der Waals surface area contributed by atoms with E-state index in [0.717, 1.165) is 42.0 Å². The quantitative estimate of drug-likeness (QED) is 0.578. The first kappa shape index (κ1) is 19.0. The van der Waals surface area contributed by atoms with Gasteiger partial charge in [0, 0.05) is 34.8 Å². The number of halogens is 2. The minimum Gasteiger partial charge on any atom is -0.338 e. The van der Waals surface area contributed by atoms with Gasteiger partial charge in [0.2, 0.25) is 0 Å². The van der Waals surface area contributed by atoms with Gasteiger partial charge in [-0.25, -0.2) is 0 Å². The number of carbonyl (C=O) groups excluding carboxylic acids is 1. The van der Waals surface area contributed by atoms with Gasteiger partial charge in [-0.05, 0) is 55.2 Å². The average molecular weight is 414 g/mol. The average Bonchev–Trinajstić information content (AvgIpc) is 3.17. The Morgan fingerprint density at radius 3 is 2.64 bits per heavy atom. The monoisotopic (exact) mass is 413 g/mol. The van der Waals surface area contributed by atoms with Crippen LogP contribution in [0.2, 0.25) is 10.0 Å². The van der Waals surface area contributed by atoms with Crippen molar-refractivity contribution >= 4 is 29.1 Å². The highest BCUT2D eigenvalue weighted by molar-refractivity contribution is 6.36. The van der Waals surface area contributed by atoms with Crippen LogP contribution in [0.3, 0.4) is 0 Å². The van der Waals surface area contributed by atoms with Crippen molar-refractivity contribution in [2.45, 2.75) is 19.8 Å². The van der Waals surface area contributed by atoms with Gasteiger partial charge < -0.3 is 4.90 Å². The molecule has 3 aromatic rings. The lowest BCUT2D eigenvalue weighted by molar-refractivity contribution is 0.0683. The van der Waals surface area contributed by atoms with Gasteiger partial charge in [-0.15, -0.1) is 0 Å². The number of likely N-dealkylation sites (tertiary alicyclic amines) is 1. The predicted molar refractivity (Wildman–Crippen MR) is 114 cm³/mol. The van der Waals surface area contributed by atoms with Gasteiger partial charge in [0.25, 0.3) is 5.91 Å². The third-order valence-corrected chi connectivity index (χ3v) is 5.72. The van der Waals surface area contributed by atoms with Crippen LogP contribution in [0, 0.1) is 5.92 Å². The number of hydrogen-bond acceptors (Lipinski definition) is 2. The molecule has 1 unspecified atom stereocenters. The predicted octanol–water partition coefficient (Wildman–Crippen LogP) is 5.92. The highest BCUT2D eigenvalue weighted by atomic mass is 35.5. The van der Waals surface area contributed by atoms with E-state index in [9.17, 15) is 4.79 Å². The first-order chi connectivity index (χ1) is 13.5. The van der Waals surface area contributed by atoms with Crippen molar-refractivity contribution in [2.75, 3.05) is 13.1 Å². The van der Waals surface area contributed by atoms with Gasteiger partial charge in [0.15, 0.2) is 0 Å². The summed E-state index contributed by atoms with van der Waals surface area (Å²) in [6, 6.07) is 14.9. The molecule has 1 aliphatic rings. The van der Waals surface area contributed by atoms with Crippen LogP contribution in [0.1, 0.15) is 30.1 Å². The maximum Gasteiger partial charge on any atom is 0.253 e. The van der Waals surface area contributed by atoms with Crippen molar-refractivity contribution in [3.8, 4) is 22.5 Å². The molecule has 4 nitrogen and oxygen atoms in total. The molecule has 0 aliphatic carbocycles. The lowest BCUT2D eigenvalue weighted by Gasteiger charge is -2.31. The number of benzene rings is 2. The molecule has 0 bridgehead atoms. The molecule has 4 rings (SSSR count). The Morgan fingerprint density at radius 1 is 1.14 bits per heavy atom. The molecule has 1 aromatic heterocycles. The topological polar surface area (TPSA) is 49.0 Å². The van der Waals surface area contributed by atoms with E-state index in [0.29, 0.717) is 21.5 Å². The van der Waals surface area contributed by atoms with Crippen LogP contribution in [-0.4, -0.2) is 34.1 Å². The maximum absolute atomic E-state index is 12.7. The lowest BCUT2D eigenvalue weighted by atomic mass is 9.99. The number of H-pyrrole nitrogens is 1. The minimum absolute atomic E-state index is 0.105. The second-order valence-electron chi connectivity index (χ2n) is 7.37. The van der Waals surface area contributed by atoms with Crippen LogP contribution in [-0.2, 0) is 0 Å². The Kier molecular flexibility index (Phi) is 5.42. The molecule has 0 saturated carbocycles. The number of nitrogens with zero attached hydrogens (tertiary/aromatic N) is 2. The van der Waals surface area contributed by atoms with Gasteiger partial charge >= 0.3 is 0 Å². The van der Waals surface area contributed by atoms with E-state index in [4.69, 9.17) is 23.2 Å². The highest BCUT2D eigenvalue weighted by Crippen LogP contribution is 2.31. The molecule has 1 fully saturated rings. The molecule has 1 N–H and O–H groups in total. The molecule has 1 atom stereocenters. The summed E-state index contributed by atoms with van der Waals surface area (Å²) < 4.78 is 0. The Morgan fingerprint density at radius 2 is 1.93 bits per heavy atom. The van der Waals surface area contributed by atoms with E-state index < -0.39 is 0 Å². The second-order valence-corrected chi connectivity index (χ2v) is 8.21. The van der Waals surface area contributed by atoms with Gasteiger partial charge in [-0.3, -0.25) is 9.89 Å². The molecule has 144 valence electrons. The summed E-state index contributed by atoms with van der Waals surface area (Å²) in [7, 11) is 0. The van der Waals surface area contributed by atoms with Crippen molar-refractivity contribution in [2.24, 2.45) is 5.92 Å². The number of aromatic nitrogens is 2. The summed E-state index contributed by atoms with van der Waals surface area (Å²) in [6.07, 6.45) is 2.27. The number of aromatic amines is 1. The van der Waals surface area contributed by atoms with E-state index >= 15 is 0 Å². The number of hydrogen-bond donors (Lipinski definition) is 1. The molecule has 1 saturated heterocycles. The molecule has 1 amide bonds. The van der Waals surface area contributed by atoms with Crippen molar-refractivity contribution in [3.63, 3.8) is 0 Å². The Balaban J connectivity index is 1.53. The SMILES string of the molecule is CC1CCCN(C(=O)c2ccc(-c3cc(-c4ccc(Cl)cc4Cl)[nH]n3)cc2)C1. The fraction of sp³-hybridized carbons (Fsp3) is 0.273. The van der Waals surface area contributed by atoms with Gasteiger partial charge in [-0.1, -0.05) is 42.3 Å². The van der Waals surface area contributed by atoms with Crippen LogP contribution < -0.4 is 0 Å². The summed E-state index contributed by atoms with van der Waals surface area (Å²) in [4.78, 5) is 14.7. The smallest absolute Gasteiger partial charge is 0.253 e. The summed E-state index contributed by atoms with van der Waals surface area (Å²) in [6.45, 7) is 3.88. The zero-order valence-corrected chi connectivity index (χ0v) is 17.1. The third-order valence-electron chi connectivity index (χ3n) is 5.17. The normalized spacial score (nSPS) is 17.0. The lowest BCUT2D eigenvalue weighted by Crippen LogP contribution is -2.39. The Bertz CT molecular complexity index is 997. The number of carbonyl (C=O) groups is 1. The van der Waals surface area contributed by atoms with Crippen LogP contribution >= 0.6 is 23.2 Å². The summed E-state index contributed by atoms with van der Waals surface area (Å²) in [5.41, 5.74) is 4.12. The molecule has 2 aromatic carbocycles. The Labute approximate surface area is 174 Å². The fourth-order valence-electron chi connectivity index (χ4n) is 3.66. The molecule has 0 radical (unpaired) electrons. The van der Waals surface area contributed by atoms with E-state index in [1.54, 1.807) is 12.1 Å². The van der Waals surface area contributed by atoms with Crippen LogP contribution in [0.25, 0.3) is 22.5 Å². The molecule has 1 aliphatic heterocycles. The number of amides is 1. The summed E-state index contributed by atoms with van der Waals surface area (Å²) in [5.74, 6) is 0.674. The van der Waals surface area contributed by atoms with Gasteiger partial charge in [0.1, 0.15) is 0 Å². The first-order valence-electron chi connectivity index (χ1n) is 9.42. The third kappa shape index (κ3) is 3.94. The van der Waals surface area contributed by atoms with Crippen LogP contribution in [0.5, 0.6) is 0 Å². The van der Waals surface area contributed by atoms with E-state index in [1.165, 1.54) is 6.42 Å². The fourth-order valence-corrected chi connectivity index (χ4v) is 4.17. The maximum atomic E-state index is 12.7. The highest BCUT2D eigenvalue weighted by Gasteiger charge is 2.22. The zero-order chi connectivity index (χ0) is 19.7. The van der Waals surface area contributed by atoms with Crippen molar-refractivity contribution in [1.29, 1.82) is 0 Å². The van der Waals surface area contributed by atoms with Crippen LogP contribution in [0.4, 0.5) is 0 Å². The first-order valence-corrected chi connectivity index (χ1v) is 10.2. The standard InChI is InChI=1S/C22H21Cl2N3O/c1-14-3-2-10-27(13-14)22(28)16-6-4-15(5-7-16)20-12-21(26-25-20)18-9-8-17(23)11-19(18)24/h4-9,11-12,14H,2-3,10,13H2,1H3,(H,25,26). The number of piperidine rings is 1. The molecule has 0 spiro atoms. The largest absolute Gasteiger partial charge is 0.338 e. The molecule has 28 heavy (non-hydrogen) atoms. The molecular weight excluding hydrogens is 393 g/mol. The molecular formula is C22H21Cl2N3O. The van der Waals surface area contributed by atoms with Crippen molar-refractivity contribution in [3.05, 3.63) is 64.1 Å². The summed E-state index contributed by atoms with van der Waals surface area (Å²) >= 11 is 12.3.